The Morgan fingerprint density at radius 2 is 2.44 bits per heavy atom. The molecular weight excluding hydrogens is 232 g/mol. The number of carbonyl (C=O) groups excluding carboxylic acids is 1. The Bertz CT molecular complexity index is 403. The van der Waals surface area contributed by atoms with Crippen molar-refractivity contribution in [1.82, 2.24) is 10.6 Å². The van der Waals surface area contributed by atoms with Gasteiger partial charge in [-0.25, -0.2) is 0 Å². The second-order valence-electron chi connectivity index (χ2n) is 4.35. The number of benzene rings is 1. The molecule has 1 amide bonds. The van der Waals surface area contributed by atoms with Crippen LogP contribution in [0.25, 0.3) is 0 Å². The predicted molar refractivity (Wildman–Crippen MR) is 67.4 cm³/mol. The molecule has 1 heterocycles. The molecule has 0 aliphatic carbocycles. The smallest absolute Gasteiger partial charge is 0.224 e. The third kappa shape index (κ3) is 4.01. The summed E-state index contributed by atoms with van der Waals surface area (Å²) in [5.74, 6) is 0.120. The summed E-state index contributed by atoms with van der Waals surface area (Å²) in [5, 5.41) is 15.3. The first-order valence-electron chi connectivity index (χ1n) is 6.11. The average Bonchev–Trinajstić information content (AvgIpc) is 2.38. The van der Waals surface area contributed by atoms with Crippen LogP contribution in [-0.2, 0) is 16.0 Å². The van der Waals surface area contributed by atoms with Gasteiger partial charge < -0.3 is 20.5 Å². The van der Waals surface area contributed by atoms with Gasteiger partial charge in [0, 0.05) is 19.6 Å². The van der Waals surface area contributed by atoms with Crippen molar-refractivity contribution < 1.29 is 14.6 Å². The lowest BCUT2D eigenvalue weighted by atomic mass is 10.1. The van der Waals surface area contributed by atoms with E-state index < -0.39 is 0 Å². The van der Waals surface area contributed by atoms with Crippen LogP contribution >= 0.6 is 0 Å². The summed E-state index contributed by atoms with van der Waals surface area (Å²) < 4.78 is 5.48. The standard InChI is InChI=1S/C13H18N2O3/c16-11-3-1-2-10(6-11)7-13(17)15-9-12-8-14-4-5-18-12/h1-3,6,12,14,16H,4-5,7-9H2,(H,15,17). The predicted octanol–water partition coefficient (Wildman–Crippen LogP) is 0.0393. The number of carbonyl (C=O) groups is 1. The topological polar surface area (TPSA) is 70.6 Å². The summed E-state index contributed by atoms with van der Waals surface area (Å²) in [4.78, 5) is 11.7. The van der Waals surface area contributed by atoms with Crippen molar-refractivity contribution in [1.29, 1.82) is 0 Å². The van der Waals surface area contributed by atoms with Crippen molar-refractivity contribution in [3.05, 3.63) is 29.8 Å². The lowest BCUT2D eigenvalue weighted by molar-refractivity contribution is -0.121. The average molecular weight is 250 g/mol. The molecule has 5 heteroatoms. The molecule has 3 N–H and O–H groups in total. The van der Waals surface area contributed by atoms with Gasteiger partial charge in [0.1, 0.15) is 5.75 Å². The Labute approximate surface area is 106 Å². The number of amides is 1. The normalized spacial score (nSPS) is 19.4. The van der Waals surface area contributed by atoms with Crippen LogP contribution in [0.5, 0.6) is 5.75 Å². The zero-order valence-electron chi connectivity index (χ0n) is 10.2. The fourth-order valence-electron chi connectivity index (χ4n) is 1.89. The number of phenols is 1. The van der Waals surface area contributed by atoms with E-state index >= 15 is 0 Å². The number of phenolic OH excluding ortho intramolecular Hbond substituents is 1. The van der Waals surface area contributed by atoms with Crippen LogP contribution < -0.4 is 10.6 Å². The van der Waals surface area contributed by atoms with Crippen molar-refractivity contribution in [2.45, 2.75) is 12.5 Å². The maximum atomic E-state index is 11.7. The van der Waals surface area contributed by atoms with Crippen LogP contribution in [0, 0.1) is 0 Å². The fraction of sp³-hybridized carbons (Fsp3) is 0.462. The van der Waals surface area contributed by atoms with Crippen molar-refractivity contribution in [3.8, 4) is 5.75 Å². The van der Waals surface area contributed by atoms with Crippen LogP contribution in [0.15, 0.2) is 24.3 Å². The first-order valence-corrected chi connectivity index (χ1v) is 6.11. The van der Waals surface area contributed by atoms with Crippen LogP contribution in [0.3, 0.4) is 0 Å². The maximum absolute atomic E-state index is 11.7. The van der Waals surface area contributed by atoms with E-state index in [4.69, 9.17) is 4.74 Å². The summed E-state index contributed by atoms with van der Waals surface area (Å²) >= 11 is 0. The number of morpholine rings is 1. The molecule has 0 bridgehead atoms. The molecule has 5 nitrogen and oxygen atoms in total. The molecule has 1 aromatic carbocycles. The van der Waals surface area contributed by atoms with Gasteiger partial charge in [-0.2, -0.15) is 0 Å². The number of ether oxygens (including phenoxy) is 1. The number of hydrogen-bond acceptors (Lipinski definition) is 4. The highest BCUT2D eigenvalue weighted by Crippen LogP contribution is 2.11. The summed E-state index contributed by atoms with van der Waals surface area (Å²) in [7, 11) is 0. The van der Waals surface area contributed by atoms with Crippen molar-refractivity contribution >= 4 is 5.91 Å². The Morgan fingerprint density at radius 1 is 1.56 bits per heavy atom. The van der Waals surface area contributed by atoms with E-state index in [0.29, 0.717) is 13.2 Å². The Morgan fingerprint density at radius 3 is 3.17 bits per heavy atom. The van der Waals surface area contributed by atoms with Crippen LogP contribution in [0.4, 0.5) is 0 Å². The zero-order chi connectivity index (χ0) is 12.8. The molecule has 18 heavy (non-hydrogen) atoms. The number of hydrogen-bond donors (Lipinski definition) is 3. The molecular formula is C13H18N2O3. The molecule has 1 saturated heterocycles. The highest BCUT2D eigenvalue weighted by atomic mass is 16.5. The first kappa shape index (κ1) is 12.9. The Balaban J connectivity index is 1.74. The third-order valence-electron chi connectivity index (χ3n) is 2.81. The minimum Gasteiger partial charge on any atom is -0.508 e. The Kier molecular flexibility index (Phi) is 4.55. The van der Waals surface area contributed by atoms with Gasteiger partial charge in [-0.1, -0.05) is 12.1 Å². The van der Waals surface area contributed by atoms with E-state index in [2.05, 4.69) is 10.6 Å². The SMILES string of the molecule is O=C(Cc1cccc(O)c1)NCC1CNCCO1. The van der Waals surface area contributed by atoms with Crippen molar-refractivity contribution in [2.24, 2.45) is 0 Å². The number of nitrogens with one attached hydrogen (secondary N) is 2. The molecule has 0 radical (unpaired) electrons. The van der Waals surface area contributed by atoms with Gasteiger partial charge >= 0.3 is 0 Å². The molecule has 98 valence electrons. The van der Waals surface area contributed by atoms with E-state index in [1.54, 1.807) is 18.2 Å². The highest BCUT2D eigenvalue weighted by molar-refractivity contribution is 5.78. The Hall–Kier alpha value is -1.59. The number of rotatable bonds is 4. The molecule has 1 unspecified atom stereocenters. The van der Waals surface area contributed by atoms with Gasteiger partial charge in [0.2, 0.25) is 5.91 Å². The quantitative estimate of drug-likeness (QED) is 0.705. The molecule has 1 atom stereocenters. The second-order valence-corrected chi connectivity index (χ2v) is 4.35. The number of aromatic hydroxyl groups is 1. The van der Waals surface area contributed by atoms with E-state index in [0.717, 1.165) is 18.7 Å². The molecule has 0 spiro atoms. The van der Waals surface area contributed by atoms with E-state index in [1.807, 2.05) is 6.07 Å². The van der Waals surface area contributed by atoms with Crippen molar-refractivity contribution in [3.63, 3.8) is 0 Å². The molecule has 1 fully saturated rings. The maximum Gasteiger partial charge on any atom is 0.224 e. The van der Waals surface area contributed by atoms with Crippen LogP contribution in [0.2, 0.25) is 0 Å². The monoisotopic (exact) mass is 250 g/mol. The van der Waals surface area contributed by atoms with E-state index in [1.165, 1.54) is 0 Å². The molecule has 0 saturated carbocycles. The van der Waals surface area contributed by atoms with Crippen LogP contribution in [-0.4, -0.2) is 43.4 Å². The van der Waals surface area contributed by atoms with E-state index in [9.17, 15) is 9.90 Å². The fourth-order valence-corrected chi connectivity index (χ4v) is 1.89. The van der Waals surface area contributed by atoms with Crippen LogP contribution in [0.1, 0.15) is 5.56 Å². The lowest BCUT2D eigenvalue weighted by Gasteiger charge is -2.23. The molecule has 1 aliphatic heterocycles. The highest BCUT2D eigenvalue weighted by Gasteiger charge is 2.14. The third-order valence-corrected chi connectivity index (χ3v) is 2.81. The molecule has 0 aromatic heterocycles. The summed E-state index contributed by atoms with van der Waals surface area (Å²) in [6.07, 6.45) is 0.320. The minimum absolute atomic E-state index is 0.0480. The van der Waals surface area contributed by atoms with Gasteiger partial charge in [0.15, 0.2) is 0 Å². The van der Waals surface area contributed by atoms with Crippen molar-refractivity contribution in [2.75, 3.05) is 26.2 Å². The van der Waals surface area contributed by atoms with E-state index in [-0.39, 0.29) is 24.2 Å². The van der Waals surface area contributed by atoms with Gasteiger partial charge in [-0.05, 0) is 17.7 Å². The van der Waals surface area contributed by atoms with Gasteiger partial charge in [-0.15, -0.1) is 0 Å². The summed E-state index contributed by atoms with van der Waals surface area (Å²) in [6.45, 7) is 2.85. The minimum atomic E-state index is -0.0604. The second kappa shape index (κ2) is 6.37. The van der Waals surface area contributed by atoms with Gasteiger partial charge in [0.05, 0.1) is 19.1 Å². The summed E-state index contributed by atoms with van der Waals surface area (Å²) in [6, 6.07) is 6.73. The molecule has 1 aromatic rings. The summed E-state index contributed by atoms with van der Waals surface area (Å²) in [5.41, 5.74) is 0.801. The largest absolute Gasteiger partial charge is 0.508 e. The van der Waals surface area contributed by atoms with Gasteiger partial charge in [-0.3, -0.25) is 4.79 Å². The first-order chi connectivity index (χ1) is 8.74. The van der Waals surface area contributed by atoms with Gasteiger partial charge in [0.25, 0.3) is 0 Å². The lowest BCUT2D eigenvalue weighted by Crippen LogP contribution is -2.45. The molecule has 2 rings (SSSR count). The molecule has 1 aliphatic rings. The zero-order valence-corrected chi connectivity index (χ0v) is 10.2.